The van der Waals surface area contributed by atoms with Crippen LogP contribution in [-0.4, -0.2) is 87.0 Å². The fourth-order valence-electron chi connectivity index (χ4n) is 7.99. The van der Waals surface area contributed by atoms with E-state index >= 15 is 0 Å². The summed E-state index contributed by atoms with van der Waals surface area (Å²) in [7, 11) is 1.99. The molecule has 2 aliphatic heterocycles. The highest BCUT2D eigenvalue weighted by molar-refractivity contribution is 7.44. The lowest BCUT2D eigenvalue weighted by atomic mass is 9.78. The van der Waals surface area contributed by atoms with Crippen molar-refractivity contribution < 1.29 is 42.3 Å². The molecule has 0 radical (unpaired) electrons. The van der Waals surface area contributed by atoms with Crippen LogP contribution in [0.5, 0.6) is 11.5 Å². The highest BCUT2D eigenvalue weighted by Gasteiger charge is 2.61. The van der Waals surface area contributed by atoms with Crippen LogP contribution in [0, 0.1) is 17.2 Å². The van der Waals surface area contributed by atoms with Gasteiger partial charge in [0.15, 0.2) is 6.10 Å². The van der Waals surface area contributed by atoms with Crippen LogP contribution < -0.4 is 14.8 Å². The van der Waals surface area contributed by atoms with Crippen molar-refractivity contribution in [2.75, 3.05) is 34.0 Å². The third kappa shape index (κ3) is 10.9. The van der Waals surface area contributed by atoms with Gasteiger partial charge in [0, 0.05) is 25.6 Å². The Bertz CT molecular complexity index is 1720. The van der Waals surface area contributed by atoms with Crippen LogP contribution in [0.1, 0.15) is 89.8 Å². The molecule has 2 aliphatic rings. The Hall–Kier alpha value is -4.08. The van der Waals surface area contributed by atoms with Crippen LogP contribution >= 0.6 is 8.53 Å². The number of ether oxygens (including phenoxy) is 5. The predicted molar refractivity (Wildman–Crippen MR) is 222 cm³/mol. The number of nitriles is 1. The van der Waals surface area contributed by atoms with Gasteiger partial charge in [0.05, 0.1) is 58.0 Å². The number of hydrogen-bond acceptors (Lipinski definition) is 11. The highest BCUT2D eigenvalue weighted by Crippen LogP contribution is 2.50. The van der Waals surface area contributed by atoms with Gasteiger partial charge in [0.1, 0.15) is 23.2 Å². The number of fused-ring (bicyclic) bond motifs is 2. The molecule has 58 heavy (non-hydrogen) atoms. The number of amides is 1. The third-order valence-corrected chi connectivity index (χ3v) is 12.7. The second kappa shape index (κ2) is 21.8. The number of carbonyl (C=O) groups excluding carboxylic acids is 2. The summed E-state index contributed by atoms with van der Waals surface area (Å²) in [6.07, 6.45) is 1.61. The largest absolute Gasteiger partial charge is 0.497 e. The first-order valence-electron chi connectivity index (χ1n) is 20.4. The minimum absolute atomic E-state index is 0.104. The number of rotatable bonds is 23. The minimum Gasteiger partial charge on any atom is -0.497 e. The molecular formula is C45H60N3O9P. The van der Waals surface area contributed by atoms with Crippen molar-refractivity contribution in [2.24, 2.45) is 5.92 Å². The summed E-state index contributed by atoms with van der Waals surface area (Å²) in [6.45, 7) is 11.3. The number of hydrogen-bond donors (Lipinski definition) is 1. The summed E-state index contributed by atoms with van der Waals surface area (Å²) < 4.78 is 45.3. The van der Waals surface area contributed by atoms with E-state index in [2.05, 4.69) is 43.8 Å². The standard InChI is InChI=1S/C45H60N3O9P/c1-31(2)48(32(3)4)58(54-29-15-26-46)53-28-14-9-8-13-27-47-44(50)39-30-40-42(55-33(5)49)43(41(39)56-40)57-45(34-16-11-10-12-17-34,35-18-22-37(51-6)23-19-35)36-20-24-38(52-7)25-21-36/h10-12,16-25,31-32,39-43H,8-9,13-15,27-30H2,1-7H3,(H,47,50). The van der Waals surface area contributed by atoms with Gasteiger partial charge >= 0.3 is 5.97 Å². The van der Waals surface area contributed by atoms with E-state index in [0.29, 0.717) is 44.1 Å². The molecule has 0 saturated carbocycles. The quantitative estimate of drug-likeness (QED) is 0.0431. The summed E-state index contributed by atoms with van der Waals surface area (Å²) in [5.74, 6) is 0.339. The molecule has 2 fully saturated rings. The van der Waals surface area contributed by atoms with Crippen molar-refractivity contribution in [1.82, 2.24) is 9.99 Å². The Morgan fingerprint density at radius 3 is 1.95 bits per heavy atom. The van der Waals surface area contributed by atoms with E-state index < -0.39 is 50.4 Å². The Morgan fingerprint density at radius 2 is 1.40 bits per heavy atom. The van der Waals surface area contributed by atoms with Gasteiger partial charge in [-0.05, 0) is 87.9 Å². The van der Waals surface area contributed by atoms with Gasteiger partial charge in [0.25, 0.3) is 8.53 Å². The molecule has 5 rings (SSSR count). The summed E-state index contributed by atoms with van der Waals surface area (Å²) >= 11 is 0. The first-order chi connectivity index (χ1) is 28.0. The molecule has 1 N–H and O–H groups in total. The molecule has 1 amide bonds. The lowest BCUT2D eigenvalue weighted by molar-refractivity contribution is -0.166. The summed E-state index contributed by atoms with van der Waals surface area (Å²) in [5.41, 5.74) is 1.29. The topological polar surface area (TPSA) is 138 Å². The van der Waals surface area contributed by atoms with Gasteiger partial charge < -0.3 is 38.0 Å². The van der Waals surface area contributed by atoms with E-state index in [9.17, 15) is 9.59 Å². The monoisotopic (exact) mass is 817 g/mol. The van der Waals surface area contributed by atoms with E-state index in [1.54, 1.807) is 14.2 Å². The van der Waals surface area contributed by atoms with Crippen LogP contribution in [0.2, 0.25) is 0 Å². The van der Waals surface area contributed by atoms with Crippen LogP contribution in [0.15, 0.2) is 78.9 Å². The van der Waals surface area contributed by atoms with E-state index in [4.69, 9.17) is 38.0 Å². The molecule has 0 spiro atoms. The minimum atomic E-state index is -1.26. The van der Waals surface area contributed by atoms with Gasteiger partial charge in [-0.3, -0.25) is 9.59 Å². The van der Waals surface area contributed by atoms with E-state index in [0.717, 1.165) is 42.4 Å². The van der Waals surface area contributed by atoms with Crippen LogP contribution in [0.4, 0.5) is 0 Å². The fourth-order valence-corrected chi connectivity index (χ4v) is 9.62. The molecule has 0 aliphatic carbocycles. The maximum atomic E-state index is 13.9. The first-order valence-corrected chi connectivity index (χ1v) is 21.5. The molecule has 2 saturated heterocycles. The van der Waals surface area contributed by atoms with Crippen molar-refractivity contribution in [2.45, 2.75) is 115 Å². The lowest BCUT2D eigenvalue weighted by Gasteiger charge is -2.42. The summed E-state index contributed by atoms with van der Waals surface area (Å²) in [4.78, 5) is 26.4. The van der Waals surface area contributed by atoms with Crippen molar-refractivity contribution in [3.8, 4) is 17.6 Å². The van der Waals surface area contributed by atoms with E-state index in [1.165, 1.54) is 6.92 Å². The van der Waals surface area contributed by atoms with Crippen LogP contribution in [0.3, 0.4) is 0 Å². The zero-order valence-corrected chi connectivity index (χ0v) is 35.8. The molecule has 2 heterocycles. The number of nitrogens with zero attached hydrogens (tertiary/aromatic N) is 2. The molecule has 6 unspecified atom stereocenters. The molecule has 6 atom stereocenters. The van der Waals surface area contributed by atoms with Gasteiger partial charge in [-0.15, -0.1) is 0 Å². The molecule has 3 aromatic carbocycles. The maximum Gasteiger partial charge on any atom is 0.303 e. The Balaban J connectivity index is 1.28. The smallest absolute Gasteiger partial charge is 0.303 e. The van der Waals surface area contributed by atoms with Crippen LogP contribution in [0.25, 0.3) is 0 Å². The zero-order valence-electron chi connectivity index (χ0n) is 34.9. The number of esters is 1. The Labute approximate surface area is 345 Å². The van der Waals surface area contributed by atoms with Crippen molar-refractivity contribution in [1.29, 1.82) is 5.26 Å². The average molecular weight is 818 g/mol. The molecule has 0 aromatic heterocycles. The number of carbonyl (C=O) groups is 2. The van der Waals surface area contributed by atoms with Gasteiger partial charge in [-0.1, -0.05) is 67.4 Å². The molecule has 2 bridgehead atoms. The molecule has 314 valence electrons. The van der Waals surface area contributed by atoms with Gasteiger partial charge in [-0.25, -0.2) is 4.67 Å². The third-order valence-electron chi connectivity index (χ3n) is 10.6. The Morgan fingerprint density at radius 1 is 0.828 bits per heavy atom. The van der Waals surface area contributed by atoms with Gasteiger partial charge in [-0.2, -0.15) is 5.26 Å². The number of benzene rings is 3. The molecular weight excluding hydrogens is 757 g/mol. The number of methoxy groups -OCH3 is 2. The first kappa shape index (κ1) is 45.0. The molecule has 12 nitrogen and oxygen atoms in total. The molecule has 3 aromatic rings. The fraction of sp³-hybridized carbons (Fsp3) is 0.533. The Kier molecular flexibility index (Phi) is 16.9. The maximum absolute atomic E-state index is 13.9. The predicted octanol–water partition coefficient (Wildman–Crippen LogP) is 8.07. The van der Waals surface area contributed by atoms with E-state index in [1.807, 2.05) is 78.9 Å². The molecule has 13 heteroatoms. The SMILES string of the molecule is COc1ccc(C(OC2C(OC(C)=O)C3CC(C(=O)NCCCCCCOP(OCCC#N)N(C(C)C)C(C)C)C2O3)(c2ccccc2)c2ccc(OC)cc2)cc1. The second-order valence-corrected chi connectivity index (χ2v) is 16.7. The van der Waals surface area contributed by atoms with Crippen LogP contribution in [-0.2, 0) is 38.4 Å². The van der Waals surface area contributed by atoms with Crippen molar-refractivity contribution in [3.63, 3.8) is 0 Å². The summed E-state index contributed by atoms with van der Waals surface area (Å²) in [5, 5.41) is 12.1. The highest BCUT2D eigenvalue weighted by atomic mass is 31.2. The van der Waals surface area contributed by atoms with E-state index in [-0.39, 0.29) is 18.0 Å². The average Bonchev–Trinajstić information content (AvgIpc) is 3.80. The zero-order chi connectivity index (χ0) is 41.7. The summed E-state index contributed by atoms with van der Waals surface area (Å²) in [6, 6.07) is 28.0. The second-order valence-electron chi connectivity index (χ2n) is 15.2. The van der Waals surface area contributed by atoms with Crippen molar-refractivity contribution in [3.05, 3.63) is 95.6 Å². The normalized spacial score (nSPS) is 20.6. The van der Waals surface area contributed by atoms with Gasteiger partial charge in [0.2, 0.25) is 5.91 Å². The lowest BCUT2D eigenvalue weighted by Crippen LogP contribution is -2.53. The van der Waals surface area contributed by atoms with Crippen molar-refractivity contribution >= 4 is 20.4 Å². The number of unbranched alkanes of at least 4 members (excludes halogenated alkanes) is 3. The number of nitrogens with one attached hydrogen (secondary N) is 1.